The van der Waals surface area contributed by atoms with Crippen molar-refractivity contribution in [1.29, 1.82) is 0 Å². The van der Waals surface area contributed by atoms with Crippen molar-refractivity contribution in [3.63, 3.8) is 0 Å². The average molecular weight is 363 g/mol. The Kier molecular flexibility index (Phi) is 8.54. The summed E-state index contributed by atoms with van der Waals surface area (Å²) < 4.78 is 11.0. The topological polar surface area (TPSA) is 49.3 Å². The summed E-state index contributed by atoms with van der Waals surface area (Å²) in [5.74, 6) is 2.66. The molecule has 1 heterocycles. The number of benzene rings is 1. The highest BCUT2D eigenvalue weighted by atomic mass is 16.5. The summed E-state index contributed by atoms with van der Waals surface area (Å²) in [5, 5.41) is 3.47. The molecule has 1 saturated heterocycles. The van der Waals surface area contributed by atoms with Crippen LogP contribution in [0.5, 0.6) is 11.5 Å². The number of aliphatic imine (C=N–C) groups is 1. The Morgan fingerprint density at radius 2 is 2.08 bits per heavy atom. The number of likely N-dealkylation sites (N-methyl/N-ethyl adjacent to an activating group) is 1. The van der Waals surface area contributed by atoms with Gasteiger partial charge in [-0.1, -0.05) is 19.9 Å². The second-order valence-corrected chi connectivity index (χ2v) is 6.46. The molecule has 0 saturated carbocycles. The predicted molar refractivity (Wildman–Crippen MR) is 107 cm³/mol. The fraction of sp³-hybridized carbons (Fsp3) is 0.650. The summed E-state index contributed by atoms with van der Waals surface area (Å²) in [6.07, 6.45) is 2.13. The normalized spacial score (nSPS) is 17.7. The van der Waals surface area contributed by atoms with E-state index in [1.807, 2.05) is 31.3 Å². The molecule has 0 aliphatic carbocycles. The van der Waals surface area contributed by atoms with E-state index in [4.69, 9.17) is 9.47 Å². The van der Waals surface area contributed by atoms with Gasteiger partial charge in [0, 0.05) is 38.8 Å². The first kappa shape index (κ1) is 20.4. The SMILES string of the molecule is CCN(CC)C1CCN(C(=NC)NCCCOc2cccc(OC)c2)C1. The van der Waals surface area contributed by atoms with Gasteiger partial charge in [0.2, 0.25) is 0 Å². The van der Waals surface area contributed by atoms with Gasteiger partial charge in [-0.05, 0) is 38.1 Å². The van der Waals surface area contributed by atoms with E-state index in [1.165, 1.54) is 6.42 Å². The first-order valence-corrected chi connectivity index (χ1v) is 9.68. The monoisotopic (exact) mass is 362 g/mol. The van der Waals surface area contributed by atoms with Crippen LogP contribution in [0.1, 0.15) is 26.7 Å². The maximum absolute atomic E-state index is 5.79. The van der Waals surface area contributed by atoms with Gasteiger partial charge in [-0.2, -0.15) is 0 Å². The van der Waals surface area contributed by atoms with E-state index in [-0.39, 0.29) is 0 Å². The average Bonchev–Trinajstić information content (AvgIpc) is 3.15. The van der Waals surface area contributed by atoms with Gasteiger partial charge in [0.25, 0.3) is 0 Å². The minimum absolute atomic E-state index is 0.639. The number of hydrogen-bond acceptors (Lipinski definition) is 4. The molecule has 146 valence electrons. The molecule has 6 heteroatoms. The summed E-state index contributed by atoms with van der Waals surface area (Å²) in [6.45, 7) is 10.3. The van der Waals surface area contributed by atoms with Crippen molar-refractivity contribution in [3.8, 4) is 11.5 Å². The standard InChI is InChI=1S/C20H34N4O2/c1-5-23(6-2)17-11-13-24(16-17)20(21-3)22-12-8-14-26-19-10-7-9-18(15-19)25-4/h7,9-10,15,17H,5-6,8,11-14,16H2,1-4H3,(H,21,22). The number of nitrogens with one attached hydrogen (secondary N) is 1. The zero-order valence-corrected chi connectivity index (χ0v) is 16.7. The molecular weight excluding hydrogens is 328 g/mol. The molecule has 0 spiro atoms. The molecule has 1 aromatic carbocycles. The van der Waals surface area contributed by atoms with Crippen LogP contribution in [-0.4, -0.2) is 75.3 Å². The van der Waals surface area contributed by atoms with Gasteiger partial charge in [0.15, 0.2) is 5.96 Å². The van der Waals surface area contributed by atoms with E-state index in [9.17, 15) is 0 Å². The first-order valence-electron chi connectivity index (χ1n) is 9.68. The van der Waals surface area contributed by atoms with Crippen LogP contribution in [0.4, 0.5) is 0 Å². The lowest BCUT2D eigenvalue weighted by molar-refractivity contribution is 0.223. The molecule has 6 nitrogen and oxygen atoms in total. The Labute approximate surface area is 158 Å². The van der Waals surface area contributed by atoms with Crippen molar-refractivity contribution in [1.82, 2.24) is 15.1 Å². The van der Waals surface area contributed by atoms with E-state index in [0.29, 0.717) is 12.6 Å². The molecule has 2 rings (SSSR count). The van der Waals surface area contributed by atoms with Crippen LogP contribution in [-0.2, 0) is 0 Å². The summed E-state index contributed by atoms with van der Waals surface area (Å²) in [7, 11) is 3.53. The summed E-state index contributed by atoms with van der Waals surface area (Å²) >= 11 is 0. The van der Waals surface area contributed by atoms with Crippen LogP contribution >= 0.6 is 0 Å². The van der Waals surface area contributed by atoms with E-state index >= 15 is 0 Å². The van der Waals surface area contributed by atoms with Crippen molar-refractivity contribution in [3.05, 3.63) is 24.3 Å². The zero-order valence-electron chi connectivity index (χ0n) is 16.7. The molecule has 0 bridgehead atoms. The fourth-order valence-electron chi connectivity index (χ4n) is 3.46. The Morgan fingerprint density at radius 1 is 1.31 bits per heavy atom. The maximum Gasteiger partial charge on any atom is 0.193 e. The van der Waals surface area contributed by atoms with Gasteiger partial charge in [0.05, 0.1) is 13.7 Å². The van der Waals surface area contributed by atoms with Crippen molar-refractivity contribution in [2.24, 2.45) is 4.99 Å². The minimum Gasteiger partial charge on any atom is -0.497 e. The number of ether oxygens (including phenoxy) is 2. The van der Waals surface area contributed by atoms with Gasteiger partial charge < -0.3 is 19.7 Å². The van der Waals surface area contributed by atoms with Crippen LogP contribution < -0.4 is 14.8 Å². The van der Waals surface area contributed by atoms with Crippen LogP contribution in [0.2, 0.25) is 0 Å². The molecule has 26 heavy (non-hydrogen) atoms. The lowest BCUT2D eigenvalue weighted by Crippen LogP contribution is -2.43. The highest BCUT2D eigenvalue weighted by Gasteiger charge is 2.27. The summed E-state index contributed by atoms with van der Waals surface area (Å²) in [4.78, 5) is 9.35. The van der Waals surface area contributed by atoms with Gasteiger partial charge in [-0.15, -0.1) is 0 Å². The van der Waals surface area contributed by atoms with Crippen molar-refractivity contribution in [2.45, 2.75) is 32.7 Å². The summed E-state index contributed by atoms with van der Waals surface area (Å²) in [6, 6.07) is 8.35. The van der Waals surface area contributed by atoms with Crippen LogP contribution in [0.25, 0.3) is 0 Å². The van der Waals surface area contributed by atoms with Crippen LogP contribution in [0.15, 0.2) is 29.3 Å². The molecule has 1 aliphatic rings. The second-order valence-electron chi connectivity index (χ2n) is 6.46. The maximum atomic E-state index is 5.79. The van der Waals surface area contributed by atoms with Crippen LogP contribution in [0, 0.1) is 0 Å². The summed E-state index contributed by atoms with van der Waals surface area (Å²) in [5.41, 5.74) is 0. The Bertz CT molecular complexity index is 560. The van der Waals surface area contributed by atoms with Crippen molar-refractivity contribution >= 4 is 5.96 Å². The van der Waals surface area contributed by atoms with Gasteiger partial charge in [0.1, 0.15) is 11.5 Å². The largest absolute Gasteiger partial charge is 0.497 e. The lowest BCUT2D eigenvalue weighted by Gasteiger charge is -2.27. The van der Waals surface area contributed by atoms with E-state index < -0.39 is 0 Å². The Morgan fingerprint density at radius 3 is 2.77 bits per heavy atom. The van der Waals surface area contributed by atoms with Gasteiger partial charge in [-0.25, -0.2) is 0 Å². The van der Waals surface area contributed by atoms with Crippen molar-refractivity contribution in [2.75, 3.05) is 53.5 Å². The van der Waals surface area contributed by atoms with Crippen LogP contribution in [0.3, 0.4) is 0 Å². The number of rotatable bonds is 9. The second kappa shape index (κ2) is 10.9. The Balaban J connectivity index is 1.69. The number of guanidine groups is 1. The molecular formula is C20H34N4O2. The molecule has 1 atom stereocenters. The molecule has 1 unspecified atom stereocenters. The molecule has 1 N–H and O–H groups in total. The molecule has 0 radical (unpaired) electrons. The van der Waals surface area contributed by atoms with E-state index in [1.54, 1.807) is 7.11 Å². The highest BCUT2D eigenvalue weighted by Crippen LogP contribution is 2.19. The third-order valence-corrected chi connectivity index (χ3v) is 4.92. The number of nitrogens with zero attached hydrogens (tertiary/aromatic N) is 3. The van der Waals surface area contributed by atoms with E-state index in [0.717, 1.165) is 56.6 Å². The molecule has 1 aromatic rings. The molecule has 0 amide bonds. The number of likely N-dealkylation sites (tertiary alicyclic amines) is 1. The Hall–Kier alpha value is -1.95. The number of hydrogen-bond donors (Lipinski definition) is 1. The smallest absolute Gasteiger partial charge is 0.193 e. The third-order valence-electron chi connectivity index (χ3n) is 4.92. The predicted octanol–water partition coefficient (Wildman–Crippen LogP) is 2.46. The fourth-order valence-corrected chi connectivity index (χ4v) is 3.46. The third kappa shape index (κ3) is 5.80. The minimum atomic E-state index is 0.639. The van der Waals surface area contributed by atoms with Gasteiger partial charge in [-0.3, -0.25) is 9.89 Å². The highest BCUT2D eigenvalue weighted by molar-refractivity contribution is 5.80. The molecule has 1 aliphatic heterocycles. The molecule has 0 aromatic heterocycles. The van der Waals surface area contributed by atoms with Crippen molar-refractivity contribution < 1.29 is 9.47 Å². The lowest BCUT2D eigenvalue weighted by atomic mass is 10.2. The zero-order chi connectivity index (χ0) is 18.8. The van der Waals surface area contributed by atoms with E-state index in [2.05, 4.69) is 34.0 Å². The first-order chi connectivity index (χ1) is 12.7. The quantitative estimate of drug-likeness (QED) is 0.415. The van der Waals surface area contributed by atoms with Gasteiger partial charge >= 0.3 is 0 Å². The number of methoxy groups -OCH3 is 1. The molecule has 1 fully saturated rings.